The number of aromatic nitrogens is 3. The van der Waals surface area contributed by atoms with E-state index in [1.165, 1.54) is 0 Å². The minimum absolute atomic E-state index is 0.00975. The average Bonchev–Trinajstić information content (AvgIpc) is 2.92. The fourth-order valence-electron chi connectivity index (χ4n) is 2.86. The largest absolute Gasteiger partial charge is 0.297 e. The number of carbonyl (C=O) groups excluding carboxylic acids is 1. The molecule has 1 amide bonds. The summed E-state index contributed by atoms with van der Waals surface area (Å²) in [7, 11) is 0. The van der Waals surface area contributed by atoms with Crippen molar-refractivity contribution < 1.29 is 4.79 Å². The second-order valence-corrected chi connectivity index (χ2v) is 5.41. The highest BCUT2D eigenvalue weighted by Crippen LogP contribution is 2.22. The molecule has 21 heavy (non-hydrogen) atoms. The van der Waals surface area contributed by atoms with Gasteiger partial charge in [-0.1, -0.05) is 37.3 Å². The quantitative estimate of drug-likeness (QED) is 0.939. The van der Waals surface area contributed by atoms with E-state index in [-0.39, 0.29) is 11.8 Å². The number of fused-ring (bicyclic) bond motifs is 1. The fourth-order valence-corrected chi connectivity index (χ4v) is 2.86. The van der Waals surface area contributed by atoms with Gasteiger partial charge < -0.3 is 0 Å². The van der Waals surface area contributed by atoms with Crippen LogP contribution in [0, 0.1) is 0 Å². The molecule has 1 aromatic carbocycles. The van der Waals surface area contributed by atoms with Gasteiger partial charge in [0.05, 0.1) is 5.92 Å². The van der Waals surface area contributed by atoms with Crippen LogP contribution in [0.1, 0.15) is 43.5 Å². The van der Waals surface area contributed by atoms with Gasteiger partial charge in [0, 0.05) is 13.0 Å². The Hall–Kier alpha value is -2.17. The lowest BCUT2D eigenvalue weighted by molar-refractivity contribution is -0.117. The number of anilines is 1. The van der Waals surface area contributed by atoms with Crippen molar-refractivity contribution in [3.05, 3.63) is 41.7 Å². The van der Waals surface area contributed by atoms with Gasteiger partial charge in [0.1, 0.15) is 5.82 Å². The van der Waals surface area contributed by atoms with Crippen molar-refractivity contribution in [3.63, 3.8) is 0 Å². The molecule has 5 heteroatoms. The number of carbonyl (C=O) groups is 1. The molecule has 2 heterocycles. The summed E-state index contributed by atoms with van der Waals surface area (Å²) >= 11 is 0. The Morgan fingerprint density at radius 1 is 1.29 bits per heavy atom. The van der Waals surface area contributed by atoms with E-state index in [0.29, 0.717) is 5.95 Å². The van der Waals surface area contributed by atoms with Crippen molar-refractivity contribution in [1.82, 2.24) is 14.8 Å². The minimum Gasteiger partial charge on any atom is -0.297 e. The molecule has 0 spiro atoms. The predicted molar refractivity (Wildman–Crippen MR) is 81.1 cm³/mol. The zero-order valence-corrected chi connectivity index (χ0v) is 12.2. The summed E-state index contributed by atoms with van der Waals surface area (Å²) in [4.78, 5) is 12.5. The van der Waals surface area contributed by atoms with Gasteiger partial charge in [-0.25, -0.2) is 0 Å². The van der Waals surface area contributed by atoms with Crippen LogP contribution in [0.5, 0.6) is 0 Å². The molecule has 0 radical (unpaired) electrons. The highest BCUT2D eigenvalue weighted by molar-refractivity contribution is 5.94. The molecule has 1 unspecified atom stereocenters. The van der Waals surface area contributed by atoms with Gasteiger partial charge in [0.15, 0.2) is 0 Å². The Morgan fingerprint density at radius 3 is 2.86 bits per heavy atom. The normalized spacial score (nSPS) is 15.3. The number of hydrogen-bond donors (Lipinski definition) is 1. The molecule has 0 aliphatic carbocycles. The third-order valence-corrected chi connectivity index (χ3v) is 4.02. The molecule has 5 nitrogen and oxygen atoms in total. The summed E-state index contributed by atoms with van der Waals surface area (Å²) in [5, 5.41) is 11.2. The Labute approximate surface area is 124 Å². The van der Waals surface area contributed by atoms with Crippen LogP contribution in [-0.2, 0) is 17.8 Å². The Morgan fingerprint density at radius 2 is 2.10 bits per heavy atom. The van der Waals surface area contributed by atoms with Crippen LogP contribution in [0.25, 0.3) is 0 Å². The molecular formula is C16H20N4O. The summed E-state index contributed by atoms with van der Waals surface area (Å²) in [5.74, 6) is 1.40. The zero-order valence-electron chi connectivity index (χ0n) is 12.2. The van der Waals surface area contributed by atoms with Gasteiger partial charge in [-0.15, -0.1) is 10.2 Å². The van der Waals surface area contributed by atoms with Crippen molar-refractivity contribution in [1.29, 1.82) is 0 Å². The molecule has 1 N–H and O–H groups in total. The molecule has 0 bridgehead atoms. The summed E-state index contributed by atoms with van der Waals surface area (Å²) in [5.41, 5.74) is 1.04. The highest BCUT2D eigenvalue weighted by Gasteiger charge is 2.22. The lowest BCUT2D eigenvalue weighted by Crippen LogP contribution is -2.24. The Balaban J connectivity index is 1.78. The standard InChI is InChI=1S/C16H20N4O/c1-2-13(12-8-4-3-5-9-12)15(21)17-16-19-18-14-10-6-7-11-20(14)16/h3-5,8-9,13H,2,6-7,10-11H2,1H3,(H,17,19,21). The molecule has 0 saturated heterocycles. The van der Waals surface area contributed by atoms with Crippen LogP contribution in [0.2, 0.25) is 0 Å². The van der Waals surface area contributed by atoms with Crippen molar-refractivity contribution >= 4 is 11.9 Å². The van der Waals surface area contributed by atoms with Gasteiger partial charge in [-0.3, -0.25) is 14.7 Å². The molecule has 2 aromatic rings. The van der Waals surface area contributed by atoms with Crippen molar-refractivity contribution in [3.8, 4) is 0 Å². The number of rotatable bonds is 4. The average molecular weight is 284 g/mol. The molecular weight excluding hydrogens is 264 g/mol. The molecule has 1 aromatic heterocycles. The van der Waals surface area contributed by atoms with Gasteiger partial charge in [-0.05, 0) is 24.8 Å². The minimum atomic E-state index is -0.150. The smallest absolute Gasteiger partial charge is 0.234 e. The van der Waals surface area contributed by atoms with E-state index in [2.05, 4.69) is 15.5 Å². The van der Waals surface area contributed by atoms with Crippen molar-refractivity contribution in [2.75, 3.05) is 5.32 Å². The number of nitrogens with zero attached hydrogens (tertiary/aromatic N) is 3. The maximum atomic E-state index is 12.5. The van der Waals surface area contributed by atoms with Crippen LogP contribution in [0.4, 0.5) is 5.95 Å². The van der Waals surface area contributed by atoms with Crippen molar-refractivity contribution in [2.45, 2.75) is 45.1 Å². The van der Waals surface area contributed by atoms with E-state index in [4.69, 9.17) is 0 Å². The lowest BCUT2D eigenvalue weighted by atomic mass is 9.96. The zero-order chi connectivity index (χ0) is 14.7. The van der Waals surface area contributed by atoms with Gasteiger partial charge in [0.25, 0.3) is 0 Å². The number of aryl methyl sites for hydroxylation is 1. The van der Waals surface area contributed by atoms with Gasteiger partial charge >= 0.3 is 0 Å². The molecule has 0 saturated carbocycles. The van der Waals surface area contributed by atoms with Crippen LogP contribution in [0.3, 0.4) is 0 Å². The number of nitrogens with one attached hydrogen (secondary N) is 1. The summed E-state index contributed by atoms with van der Waals surface area (Å²) in [6.07, 6.45) is 3.97. The molecule has 1 aliphatic rings. The molecule has 1 aliphatic heterocycles. The molecule has 1 atom stereocenters. The molecule has 0 fully saturated rings. The summed E-state index contributed by atoms with van der Waals surface area (Å²) < 4.78 is 2.03. The third kappa shape index (κ3) is 2.82. The topological polar surface area (TPSA) is 59.8 Å². The Kier molecular flexibility index (Phi) is 3.99. The first-order chi connectivity index (χ1) is 10.3. The van der Waals surface area contributed by atoms with Crippen LogP contribution < -0.4 is 5.32 Å². The van der Waals surface area contributed by atoms with Gasteiger partial charge in [0.2, 0.25) is 11.9 Å². The predicted octanol–water partition coefficient (Wildman–Crippen LogP) is 2.75. The van der Waals surface area contributed by atoms with E-state index in [9.17, 15) is 4.79 Å². The summed E-state index contributed by atoms with van der Waals surface area (Å²) in [6, 6.07) is 9.87. The van der Waals surface area contributed by atoms with Gasteiger partial charge in [-0.2, -0.15) is 0 Å². The van der Waals surface area contributed by atoms with E-state index >= 15 is 0 Å². The maximum Gasteiger partial charge on any atom is 0.234 e. The first-order valence-electron chi connectivity index (χ1n) is 7.57. The summed E-state index contributed by atoms with van der Waals surface area (Å²) in [6.45, 7) is 2.91. The SMILES string of the molecule is CCC(C(=O)Nc1nnc2n1CCCC2)c1ccccc1. The maximum absolute atomic E-state index is 12.5. The van der Waals surface area contributed by atoms with Crippen LogP contribution in [0.15, 0.2) is 30.3 Å². The number of amides is 1. The first kappa shape index (κ1) is 13.8. The monoisotopic (exact) mass is 284 g/mol. The number of hydrogen-bond acceptors (Lipinski definition) is 3. The molecule has 110 valence electrons. The lowest BCUT2D eigenvalue weighted by Gasteiger charge is -2.17. The first-order valence-corrected chi connectivity index (χ1v) is 7.57. The number of benzene rings is 1. The van der Waals surface area contributed by atoms with E-state index < -0.39 is 0 Å². The van der Waals surface area contributed by atoms with Crippen molar-refractivity contribution in [2.24, 2.45) is 0 Å². The van der Waals surface area contributed by atoms with Crippen LogP contribution >= 0.6 is 0 Å². The highest BCUT2D eigenvalue weighted by atomic mass is 16.2. The second kappa shape index (κ2) is 6.08. The third-order valence-electron chi connectivity index (χ3n) is 4.02. The Bertz CT molecular complexity index is 620. The van der Waals surface area contributed by atoms with E-state index in [1.54, 1.807) is 0 Å². The fraction of sp³-hybridized carbons (Fsp3) is 0.438. The molecule has 3 rings (SSSR count). The second-order valence-electron chi connectivity index (χ2n) is 5.41. The van der Waals surface area contributed by atoms with Crippen LogP contribution in [-0.4, -0.2) is 20.7 Å². The van der Waals surface area contributed by atoms with E-state index in [0.717, 1.165) is 43.6 Å². The van der Waals surface area contributed by atoms with E-state index in [1.807, 2.05) is 41.8 Å².